The Morgan fingerprint density at radius 1 is 1.21 bits per heavy atom. The van der Waals surface area contributed by atoms with E-state index in [1.807, 2.05) is 24.3 Å². The van der Waals surface area contributed by atoms with Crippen molar-refractivity contribution in [1.29, 1.82) is 0 Å². The summed E-state index contributed by atoms with van der Waals surface area (Å²) in [4.78, 5) is 27.2. The molecule has 0 aliphatic carbocycles. The van der Waals surface area contributed by atoms with Crippen molar-refractivity contribution >= 4 is 23.0 Å². The lowest BCUT2D eigenvalue weighted by Crippen LogP contribution is -2.35. The van der Waals surface area contributed by atoms with Gasteiger partial charge in [-0.2, -0.15) is 0 Å². The molecule has 6 nitrogen and oxygen atoms in total. The highest BCUT2D eigenvalue weighted by Crippen LogP contribution is 2.31. The first-order valence-corrected chi connectivity index (χ1v) is 7.84. The van der Waals surface area contributed by atoms with Gasteiger partial charge < -0.3 is 9.80 Å². The number of carbonyl (C=O) groups excluding carboxylic acids is 1. The van der Waals surface area contributed by atoms with E-state index in [0.29, 0.717) is 17.8 Å². The molecule has 0 saturated carbocycles. The lowest BCUT2D eigenvalue weighted by atomic mass is 10.0. The van der Waals surface area contributed by atoms with E-state index in [9.17, 15) is 14.9 Å². The van der Waals surface area contributed by atoms with Crippen molar-refractivity contribution < 1.29 is 9.72 Å². The molecular weight excluding hydrogens is 306 g/mol. The molecule has 2 aromatic rings. The van der Waals surface area contributed by atoms with Crippen LogP contribution in [-0.2, 0) is 6.42 Å². The van der Waals surface area contributed by atoms with Crippen LogP contribution in [0.15, 0.2) is 42.5 Å². The first kappa shape index (κ1) is 16.0. The lowest BCUT2D eigenvalue weighted by Gasteiger charge is -2.29. The van der Waals surface area contributed by atoms with E-state index in [0.717, 1.165) is 24.1 Å². The topological polar surface area (TPSA) is 66.7 Å². The number of nitro groups is 1. The Morgan fingerprint density at radius 3 is 2.67 bits per heavy atom. The molecule has 0 saturated heterocycles. The molecule has 0 aromatic heterocycles. The highest BCUT2D eigenvalue weighted by atomic mass is 16.6. The van der Waals surface area contributed by atoms with Gasteiger partial charge >= 0.3 is 0 Å². The molecule has 1 amide bonds. The molecule has 1 heterocycles. The predicted molar refractivity (Wildman–Crippen MR) is 93.9 cm³/mol. The molecule has 0 fully saturated rings. The SMILES string of the molecule is CN(C)c1ccc(C(=O)N2CCCc3ccccc32)cc1[N+](=O)[O-]. The number of amides is 1. The number of anilines is 2. The average Bonchev–Trinajstić information content (AvgIpc) is 2.60. The smallest absolute Gasteiger partial charge is 0.293 e. The maximum atomic E-state index is 12.9. The molecule has 2 aromatic carbocycles. The molecule has 0 spiro atoms. The molecular formula is C18H19N3O3. The Hall–Kier alpha value is -2.89. The van der Waals surface area contributed by atoms with Gasteiger partial charge in [0.05, 0.1) is 4.92 Å². The summed E-state index contributed by atoms with van der Waals surface area (Å²) in [5.74, 6) is -0.199. The van der Waals surface area contributed by atoms with Crippen LogP contribution in [0.2, 0.25) is 0 Å². The maximum Gasteiger partial charge on any atom is 0.293 e. The second-order valence-electron chi connectivity index (χ2n) is 6.04. The lowest BCUT2D eigenvalue weighted by molar-refractivity contribution is -0.384. The molecule has 0 unspecified atom stereocenters. The summed E-state index contributed by atoms with van der Waals surface area (Å²) >= 11 is 0. The van der Waals surface area contributed by atoms with Gasteiger partial charge in [0.15, 0.2) is 0 Å². The number of fused-ring (bicyclic) bond motifs is 1. The highest BCUT2D eigenvalue weighted by molar-refractivity contribution is 6.07. The Kier molecular flexibility index (Phi) is 4.20. The summed E-state index contributed by atoms with van der Waals surface area (Å²) in [6.07, 6.45) is 1.83. The number of nitrogens with zero attached hydrogens (tertiary/aromatic N) is 3. The minimum Gasteiger partial charge on any atom is -0.372 e. The first-order chi connectivity index (χ1) is 11.5. The van der Waals surface area contributed by atoms with E-state index in [1.54, 1.807) is 36.0 Å². The van der Waals surface area contributed by atoms with Gasteiger partial charge in [-0.05, 0) is 36.6 Å². The van der Waals surface area contributed by atoms with Crippen molar-refractivity contribution in [3.05, 3.63) is 63.7 Å². The second kappa shape index (κ2) is 6.31. The molecule has 6 heteroatoms. The Morgan fingerprint density at radius 2 is 1.96 bits per heavy atom. The van der Waals surface area contributed by atoms with Crippen molar-refractivity contribution in [2.24, 2.45) is 0 Å². The predicted octanol–water partition coefficient (Wildman–Crippen LogP) is 3.25. The molecule has 24 heavy (non-hydrogen) atoms. The third kappa shape index (κ3) is 2.82. The monoisotopic (exact) mass is 325 g/mol. The highest BCUT2D eigenvalue weighted by Gasteiger charge is 2.25. The fourth-order valence-electron chi connectivity index (χ4n) is 3.08. The third-order valence-corrected chi connectivity index (χ3v) is 4.26. The van der Waals surface area contributed by atoms with Crippen LogP contribution in [0.4, 0.5) is 17.1 Å². The maximum absolute atomic E-state index is 12.9. The van der Waals surface area contributed by atoms with Crippen LogP contribution >= 0.6 is 0 Å². The number of carbonyl (C=O) groups is 1. The molecule has 0 bridgehead atoms. The summed E-state index contributed by atoms with van der Waals surface area (Å²) < 4.78 is 0. The number of benzene rings is 2. The molecule has 124 valence electrons. The standard InChI is InChI=1S/C18H19N3O3/c1-19(2)16-10-9-14(12-17(16)21(23)24)18(22)20-11-5-7-13-6-3-4-8-15(13)20/h3-4,6,8-10,12H,5,7,11H2,1-2H3. The number of rotatable bonds is 3. The van der Waals surface area contributed by atoms with Crippen LogP contribution < -0.4 is 9.80 Å². The fourth-order valence-corrected chi connectivity index (χ4v) is 3.08. The zero-order valence-corrected chi connectivity index (χ0v) is 13.7. The fraction of sp³-hybridized carbons (Fsp3) is 0.278. The number of para-hydroxylation sites is 1. The molecule has 1 aliphatic heterocycles. The molecule has 0 N–H and O–H groups in total. The van der Waals surface area contributed by atoms with E-state index < -0.39 is 4.92 Å². The van der Waals surface area contributed by atoms with E-state index >= 15 is 0 Å². The summed E-state index contributed by atoms with van der Waals surface area (Å²) in [6, 6.07) is 12.5. The van der Waals surface area contributed by atoms with E-state index in [-0.39, 0.29) is 11.6 Å². The van der Waals surface area contributed by atoms with Crippen molar-refractivity contribution in [3.63, 3.8) is 0 Å². The van der Waals surface area contributed by atoms with Crippen LogP contribution in [0.5, 0.6) is 0 Å². The van der Waals surface area contributed by atoms with Crippen LogP contribution in [-0.4, -0.2) is 31.5 Å². The number of hydrogen-bond donors (Lipinski definition) is 0. The van der Waals surface area contributed by atoms with Gasteiger partial charge in [-0.15, -0.1) is 0 Å². The van der Waals surface area contributed by atoms with Gasteiger partial charge in [0, 0.05) is 38.0 Å². The van der Waals surface area contributed by atoms with Gasteiger partial charge in [-0.25, -0.2) is 0 Å². The molecule has 1 aliphatic rings. The Labute approximate surface area is 140 Å². The van der Waals surface area contributed by atoms with E-state index in [1.165, 1.54) is 6.07 Å². The minimum absolute atomic E-state index is 0.0591. The number of hydrogen-bond acceptors (Lipinski definition) is 4. The van der Waals surface area contributed by atoms with Crippen LogP contribution in [0.25, 0.3) is 0 Å². The second-order valence-corrected chi connectivity index (χ2v) is 6.04. The summed E-state index contributed by atoms with van der Waals surface area (Å²) in [5, 5.41) is 11.3. The van der Waals surface area contributed by atoms with Crippen molar-refractivity contribution in [2.75, 3.05) is 30.4 Å². The van der Waals surface area contributed by atoms with Gasteiger partial charge in [0.25, 0.3) is 11.6 Å². The number of nitro benzene ring substituents is 1. The molecule has 3 rings (SSSR count). The normalized spacial score (nSPS) is 13.3. The first-order valence-electron chi connectivity index (χ1n) is 7.84. The zero-order chi connectivity index (χ0) is 17.3. The van der Waals surface area contributed by atoms with Crippen molar-refractivity contribution in [1.82, 2.24) is 0 Å². The van der Waals surface area contributed by atoms with Crippen LogP contribution in [0, 0.1) is 10.1 Å². The van der Waals surface area contributed by atoms with Gasteiger partial charge in [0.2, 0.25) is 0 Å². The summed E-state index contributed by atoms with van der Waals surface area (Å²) in [6.45, 7) is 0.624. The average molecular weight is 325 g/mol. The minimum atomic E-state index is -0.448. The zero-order valence-electron chi connectivity index (χ0n) is 13.7. The van der Waals surface area contributed by atoms with Crippen molar-refractivity contribution in [3.8, 4) is 0 Å². The molecule has 0 radical (unpaired) electrons. The number of aryl methyl sites for hydroxylation is 1. The summed E-state index contributed by atoms with van der Waals surface area (Å²) in [5.41, 5.74) is 2.79. The van der Waals surface area contributed by atoms with Crippen LogP contribution in [0.1, 0.15) is 22.3 Å². The van der Waals surface area contributed by atoms with Crippen LogP contribution in [0.3, 0.4) is 0 Å². The molecule has 0 atom stereocenters. The van der Waals surface area contributed by atoms with E-state index in [4.69, 9.17) is 0 Å². The van der Waals surface area contributed by atoms with Gasteiger partial charge in [0.1, 0.15) is 5.69 Å². The largest absolute Gasteiger partial charge is 0.372 e. The third-order valence-electron chi connectivity index (χ3n) is 4.26. The van der Waals surface area contributed by atoms with Gasteiger partial charge in [-0.1, -0.05) is 18.2 Å². The quantitative estimate of drug-likeness (QED) is 0.642. The Balaban J connectivity index is 2.00. The summed E-state index contributed by atoms with van der Waals surface area (Å²) in [7, 11) is 3.48. The van der Waals surface area contributed by atoms with Gasteiger partial charge in [-0.3, -0.25) is 14.9 Å². The van der Waals surface area contributed by atoms with E-state index in [2.05, 4.69) is 0 Å². The Bertz CT molecular complexity index is 802. The van der Waals surface area contributed by atoms with Crippen molar-refractivity contribution in [2.45, 2.75) is 12.8 Å².